The molecule has 0 atom stereocenters. The van der Waals surface area contributed by atoms with Gasteiger partial charge >= 0.3 is 6.03 Å². The van der Waals surface area contributed by atoms with Crippen molar-refractivity contribution in [3.8, 4) is 0 Å². The summed E-state index contributed by atoms with van der Waals surface area (Å²) in [6, 6.07) is 6.69. The van der Waals surface area contributed by atoms with Crippen LogP contribution in [-0.2, 0) is 13.6 Å². The van der Waals surface area contributed by atoms with Crippen LogP contribution in [0.25, 0.3) is 0 Å². The Morgan fingerprint density at radius 2 is 2.32 bits per heavy atom. The first kappa shape index (κ1) is 13.3. The van der Waals surface area contributed by atoms with Crippen LogP contribution in [0.1, 0.15) is 5.82 Å². The largest absolute Gasteiger partial charge is 0.321 e. The molecule has 100 valence electrons. The van der Waals surface area contributed by atoms with Gasteiger partial charge in [-0.2, -0.15) is 0 Å². The topological polar surface area (TPSA) is 75.9 Å². The van der Waals surface area contributed by atoms with E-state index in [0.29, 0.717) is 23.1 Å². The Labute approximate surface area is 115 Å². The average Bonchev–Trinajstić information content (AvgIpc) is 2.75. The molecule has 8 heteroatoms. The van der Waals surface area contributed by atoms with Gasteiger partial charge in [-0.1, -0.05) is 17.7 Å². The zero-order chi connectivity index (χ0) is 13.8. The second-order valence-electron chi connectivity index (χ2n) is 4.02. The monoisotopic (exact) mass is 280 g/mol. The Hall–Kier alpha value is -2.15. The lowest BCUT2D eigenvalue weighted by Gasteiger charge is -2.17. The SMILES string of the molecule is CN(Cc1nnnn1C)C(=O)Nc1cccc(Cl)c1. The number of rotatable bonds is 3. The fourth-order valence-electron chi connectivity index (χ4n) is 1.45. The van der Waals surface area contributed by atoms with Crippen molar-refractivity contribution in [2.75, 3.05) is 12.4 Å². The zero-order valence-electron chi connectivity index (χ0n) is 10.5. The fourth-order valence-corrected chi connectivity index (χ4v) is 1.64. The van der Waals surface area contributed by atoms with Crippen molar-refractivity contribution < 1.29 is 4.79 Å². The minimum absolute atomic E-state index is 0.259. The molecular weight excluding hydrogens is 268 g/mol. The molecule has 2 amide bonds. The number of hydrogen-bond acceptors (Lipinski definition) is 4. The first-order valence-electron chi connectivity index (χ1n) is 5.55. The van der Waals surface area contributed by atoms with Gasteiger partial charge in [0.2, 0.25) is 0 Å². The molecule has 0 saturated carbocycles. The number of carbonyl (C=O) groups excluding carboxylic acids is 1. The standard InChI is InChI=1S/C11H13ClN6O/c1-17(7-10-14-15-16-18(10)2)11(19)13-9-5-3-4-8(12)6-9/h3-6H,7H2,1-2H3,(H,13,19). The van der Waals surface area contributed by atoms with Crippen molar-refractivity contribution >= 4 is 23.3 Å². The van der Waals surface area contributed by atoms with Crippen LogP contribution < -0.4 is 5.32 Å². The summed E-state index contributed by atoms with van der Waals surface area (Å²) in [5.41, 5.74) is 0.639. The molecule has 1 N–H and O–H groups in total. The Kier molecular flexibility index (Phi) is 3.96. The van der Waals surface area contributed by atoms with Crippen molar-refractivity contribution in [3.63, 3.8) is 0 Å². The van der Waals surface area contributed by atoms with Gasteiger partial charge in [-0.3, -0.25) is 0 Å². The summed E-state index contributed by atoms with van der Waals surface area (Å²) < 4.78 is 1.52. The minimum Gasteiger partial charge on any atom is -0.320 e. The number of urea groups is 1. The molecule has 19 heavy (non-hydrogen) atoms. The highest BCUT2D eigenvalue weighted by molar-refractivity contribution is 6.30. The Morgan fingerprint density at radius 1 is 1.53 bits per heavy atom. The molecule has 0 aliphatic rings. The molecule has 1 heterocycles. The Bertz CT molecular complexity index is 584. The molecule has 0 saturated heterocycles. The van der Waals surface area contributed by atoms with Crippen molar-refractivity contribution in [1.29, 1.82) is 0 Å². The van der Waals surface area contributed by atoms with E-state index < -0.39 is 0 Å². The van der Waals surface area contributed by atoms with Crippen LogP contribution in [0.4, 0.5) is 10.5 Å². The van der Waals surface area contributed by atoms with E-state index >= 15 is 0 Å². The van der Waals surface area contributed by atoms with Gasteiger partial charge in [-0.05, 0) is 28.6 Å². The molecule has 0 aliphatic heterocycles. The lowest BCUT2D eigenvalue weighted by atomic mass is 10.3. The highest BCUT2D eigenvalue weighted by Gasteiger charge is 2.12. The van der Waals surface area contributed by atoms with Crippen LogP contribution in [-0.4, -0.2) is 38.2 Å². The van der Waals surface area contributed by atoms with E-state index in [1.807, 2.05) is 0 Å². The van der Waals surface area contributed by atoms with Crippen LogP contribution in [0.15, 0.2) is 24.3 Å². The minimum atomic E-state index is -0.259. The van der Waals surface area contributed by atoms with E-state index in [0.717, 1.165) is 0 Å². The number of nitrogens with zero attached hydrogens (tertiary/aromatic N) is 5. The molecular formula is C11H13ClN6O. The highest BCUT2D eigenvalue weighted by atomic mass is 35.5. The maximum atomic E-state index is 12.0. The van der Waals surface area contributed by atoms with E-state index in [2.05, 4.69) is 20.8 Å². The van der Waals surface area contributed by atoms with E-state index in [-0.39, 0.29) is 6.03 Å². The van der Waals surface area contributed by atoms with Gasteiger partial charge in [-0.15, -0.1) is 5.10 Å². The van der Waals surface area contributed by atoms with E-state index in [1.165, 1.54) is 9.58 Å². The summed E-state index contributed by atoms with van der Waals surface area (Å²) in [7, 11) is 3.38. The highest BCUT2D eigenvalue weighted by Crippen LogP contribution is 2.15. The third kappa shape index (κ3) is 3.41. The molecule has 2 rings (SSSR count). The number of carbonyl (C=O) groups is 1. The second-order valence-corrected chi connectivity index (χ2v) is 4.45. The maximum absolute atomic E-state index is 12.0. The number of nitrogens with one attached hydrogen (secondary N) is 1. The number of amides is 2. The van der Waals surface area contributed by atoms with Crippen LogP contribution >= 0.6 is 11.6 Å². The van der Waals surface area contributed by atoms with Gasteiger partial charge in [-0.25, -0.2) is 9.48 Å². The number of aryl methyl sites for hydroxylation is 1. The molecule has 0 fully saturated rings. The molecule has 1 aromatic carbocycles. The lowest BCUT2D eigenvalue weighted by Crippen LogP contribution is -2.31. The molecule has 0 bridgehead atoms. The van der Waals surface area contributed by atoms with Crippen molar-refractivity contribution in [2.24, 2.45) is 7.05 Å². The third-order valence-electron chi connectivity index (χ3n) is 2.51. The van der Waals surface area contributed by atoms with E-state index in [1.54, 1.807) is 38.4 Å². The number of anilines is 1. The number of tetrazole rings is 1. The average molecular weight is 281 g/mol. The molecule has 2 aromatic rings. The predicted molar refractivity (Wildman–Crippen MR) is 70.7 cm³/mol. The van der Waals surface area contributed by atoms with Crippen LogP contribution in [0.5, 0.6) is 0 Å². The Balaban J connectivity index is 1.98. The van der Waals surface area contributed by atoms with Crippen molar-refractivity contribution in [2.45, 2.75) is 6.54 Å². The van der Waals surface area contributed by atoms with Gasteiger partial charge in [0.15, 0.2) is 5.82 Å². The molecule has 0 aliphatic carbocycles. The third-order valence-corrected chi connectivity index (χ3v) is 2.74. The summed E-state index contributed by atoms with van der Waals surface area (Å²) in [5, 5.41) is 14.3. The van der Waals surface area contributed by atoms with Gasteiger partial charge in [0.25, 0.3) is 0 Å². The number of aromatic nitrogens is 4. The first-order valence-corrected chi connectivity index (χ1v) is 5.93. The maximum Gasteiger partial charge on any atom is 0.321 e. The molecule has 0 radical (unpaired) electrons. The van der Waals surface area contributed by atoms with E-state index in [9.17, 15) is 4.79 Å². The summed E-state index contributed by atoms with van der Waals surface area (Å²) in [6.45, 7) is 0.315. The summed E-state index contributed by atoms with van der Waals surface area (Å²) in [6.07, 6.45) is 0. The lowest BCUT2D eigenvalue weighted by molar-refractivity contribution is 0.219. The van der Waals surface area contributed by atoms with Crippen molar-refractivity contribution in [1.82, 2.24) is 25.1 Å². The molecule has 0 unspecified atom stereocenters. The molecule has 1 aromatic heterocycles. The van der Waals surface area contributed by atoms with Crippen LogP contribution in [0.2, 0.25) is 5.02 Å². The number of benzene rings is 1. The fraction of sp³-hybridized carbons (Fsp3) is 0.273. The smallest absolute Gasteiger partial charge is 0.320 e. The summed E-state index contributed by atoms with van der Waals surface area (Å²) in [5.74, 6) is 0.601. The predicted octanol–water partition coefficient (Wildman–Crippen LogP) is 1.53. The molecule has 7 nitrogen and oxygen atoms in total. The van der Waals surface area contributed by atoms with Crippen molar-refractivity contribution in [3.05, 3.63) is 35.1 Å². The quantitative estimate of drug-likeness (QED) is 0.925. The number of hydrogen-bond donors (Lipinski definition) is 1. The summed E-state index contributed by atoms with van der Waals surface area (Å²) in [4.78, 5) is 13.4. The summed E-state index contributed by atoms with van der Waals surface area (Å²) >= 11 is 5.85. The zero-order valence-corrected chi connectivity index (χ0v) is 11.3. The Morgan fingerprint density at radius 3 is 2.95 bits per heavy atom. The second kappa shape index (κ2) is 5.66. The van der Waals surface area contributed by atoms with Crippen LogP contribution in [0, 0.1) is 0 Å². The molecule has 0 spiro atoms. The van der Waals surface area contributed by atoms with Gasteiger partial charge in [0, 0.05) is 24.8 Å². The van der Waals surface area contributed by atoms with Crippen LogP contribution in [0.3, 0.4) is 0 Å². The van der Waals surface area contributed by atoms with Gasteiger partial charge < -0.3 is 10.2 Å². The van der Waals surface area contributed by atoms with Gasteiger partial charge in [0.1, 0.15) is 0 Å². The first-order chi connectivity index (χ1) is 9.06. The number of halogens is 1. The van der Waals surface area contributed by atoms with Gasteiger partial charge in [0.05, 0.1) is 6.54 Å². The van der Waals surface area contributed by atoms with E-state index in [4.69, 9.17) is 11.6 Å². The normalized spacial score (nSPS) is 10.3.